The second kappa shape index (κ2) is 6.72. The number of rotatable bonds is 3. The van der Waals surface area contributed by atoms with E-state index in [2.05, 4.69) is 0 Å². The third kappa shape index (κ3) is 2.83. The van der Waals surface area contributed by atoms with E-state index in [9.17, 15) is 13.2 Å². The van der Waals surface area contributed by atoms with Crippen LogP contribution in [0.15, 0.2) is 47.4 Å². The molecule has 2 saturated heterocycles. The lowest BCUT2D eigenvalue weighted by molar-refractivity contribution is -0.137. The van der Waals surface area contributed by atoms with Gasteiger partial charge in [-0.15, -0.1) is 0 Å². The zero-order valence-electron chi connectivity index (χ0n) is 16.1. The van der Waals surface area contributed by atoms with Crippen LogP contribution in [0.25, 0.3) is 0 Å². The van der Waals surface area contributed by atoms with Crippen LogP contribution in [0.1, 0.15) is 18.4 Å². The minimum Gasteiger partial charge on any atom is -0.454 e. The van der Waals surface area contributed by atoms with E-state index in [1.165, 1.54) is 28.6 Å². The fraction of sp³-hybridized carbons (Fsp3) is 0.333. The van der Waals surface area contributed by atoms with Crippen LogP contribution in [-0.2, 0) is 14.8 Å². The number of amides is 1. The summed E-state index contributed by atoms with van der Waals surface area (Å²) in [4.78, 5) is 14.9. The topological polar surface area (TPSA) is 99.9 Å². The molecule has 154 valence electrons. The molecule has 9 heteroatoms. The fourth-order valence-corrected chi connectivity index (χ4v) is 5.72. The number of anilines is 1. The average molecular weight is 425 g/mol. The monoisotopic (exact) mass is 425 g/mol. The Morgan fingerprint density at radius 3 is 2.37 bits per heavy atom. The summed E-state index contributed by atoms with van der Waals surface area (Å²) >= 11 is 0. The van der Waals surface area contributed by atoms with Gasteiger partial charge in [-0.05, 0) is 49.2 Å². The van der Waals surface area contributed by atoms with Crippen molar-refractivity contribution in [3.8, 4) is 17.6 Å². The molecule has 8 nitrogen and oxygen atoms in total. The van der Waals surface area contributed by atoms with Crippen molar-refractivity contribution in [2.24, 2.45) is 5.41 Å². The van der Waals surface area contributed by atoms with Gasteiger partial charge in [0.15, 0.2) is 11.5 Å². The minimum atomic E-state index is -3.64. The molecular formula is C21H19N3O5S. The zero-order valence-corrected chi connectivity index (χ0v) is 16.9. The summed E-state index contributed by atoms with van der Waals surface area (Å²) in [6.07, 6.45) is 0.977. The van der Waals surface area contributed by atoms with Gasteiger partial charge in [-0.3, -0.25) is 4.79 Å². The molecule has 0 aliphatic carbocycles. The largest absolute Gasteiger partial charge is 0.454 e. The predicted octanol–water partition coefficient (Wildman–Crippen LogP) is 2.10. The quantitative estimate of drug-likeness (QED) is 0.699. The van der Waals surface area contributed by atoms with Crippen LogP contribution in [0.4, 0.5) is 5.69 Å². The molecule has 0 N–H and O–H groups in total. The van der Waals surface area contributed by atoms with Gasteiger partial charge >= 0.3 is 0 Å². The Morgan fingerprint density at radius 2 is 1.70 bits per heavy atom. The fourth-order valence-electron chi connectivity index (χ4n) is 4.28. The first-order valence-corrected chi connectivity index (χ1v) is 11.1. The second-order valence-electron chi connectivity index (χ2n) is 7.75. The highest BCUT2D eigenvalue weighted by atomic mass is 32.2. The molecule has 3 aliphatic heterocycles. The third-order valence-corrected chi connectivity index (χ3v) is 8.04. The standard InChI is InChI=1S/C21H19N3O5S/c22-12-15-1-4-17(5-2-15)30(26,27)23-9-7-21(8-10-23)13-24(20(21)25)16-3-6-18-19(11-16)29-14-28-18/h1-6,11H,7-10,13-14H2. The number of sulfonamides is 1. The van der Waals surface area contributed by atoms with E-state index in [1.54, 1.807) is 17.0 Å². The first kappa shape index (κ1) is 18.9. The lowest BCUT2D eigenvalue weighted by atomic mass is 9.71. The summed E-state index contributed by atoms with van der Waals surface area (Å²) in [7, 11) is -3.64. The van der Waals surface area contributed by atoms with E-state index < -0.39 is 15.4 Å². The smallest absolute Gasteiger partial charge is 0.243 e. The van der Waals surface area contributed by atoms with Gasteiger partial charge in [0.05, 0.1) is 21.9 Å². The third-order valence-electron chi connectivity index (χ3n) is 6.13. The number of carbonyl (C=O) groups is 1. The van der Waals surface area contributed by atoms with Crippen LogP contribution in [0.3, 0.4) is 0 Å². The Kier molecular flexibility index (Phi) is 4.24. The van der Waals surface area contributed by atoms with Crippen molar-refractivity contribution in [2.45, 2.75) is 17.7 Å². The number of nitriles is 1. The number of fused-ring (bicyclic) bond motifs is 1. The van der Waals surface area contributed by atoms with Crippen molar-refractivity contribution < 1.29 is 22.7 Å². The first-order chi connectivity index (χ1) is 14.4. The molecule has 3 heterocycles. The highest BCUT2D eigenvalue weighted by molar-refractivity contribution is 7.89. The van der Waals surface area contributed by atoms with Crippen molar-refractivity contribution in [1.29, 1.82) is 5.26 Å². The molecule has 0 saturated carbocycles. The van der Waals surface area contributed by atoms with Crippen molar-refractivity contribution in [1.82, 2.24) is 4.31 Å². The lowest BCUT2D eigenvalue weighted by Crippen LogP contribution is -2.65. The molecule has 0 radical (unpaired) electrons. The molecule has 1 amide bonds. The highest BCUT2D eigenvalue weighted by Crippen LogP contribution is 2.46. The molecule has 0 unspecified atom stereocenters. The lowest BCUT2D eigenvalue weighted by Gasteiger charge is -2.52. The number of carbonyl (C=O) groups excluding carboxylic acids is 1. The van der Waals surface area contributed by atoms with Gasteiger partial charge in [-0.25, -0.2) is 8.42 Å². The second-order valence-corrected chi connectivity index (χ2v) is 9.69. The molecule has 0 atom stereocenters. The highest BCUT2D eigenvalue weighted by Gasteiger charge is 2.54. The average Bonchev–Trinajstić information content (AvgIpc) is 3.25. The predicted molar refractivity (Wildman–Crippen MR) is 107 cm³/mol. The van der Waals surface area contributed by atoms with Gasteiger partial charge in [-0.1, -0.05) is 0 Å². The molecule has 1 spiro atoms. The van der Waals surface area contributed by atoms with Crippen molar-refractivity contribution in [2.75, 3.05) is 31.3 Å². The number of hydrogen-bond donors (Lipinski definition) is 0. The van der Waals surface area contributed by atoms with E-state index in [4.69, 9.17) is 14.7 Å². The summed E-state index contributed by atoms with van der Waals surface area (Å²) in [6, 6.07) is 13.3. The maximum absolute atomic E-state index is 13.0. The van der Waals surface area contributed by atoms with Gasteiger partial charge in [0.2, 0.25) is 22.7 Å². The van der Waals surface area contributed by atoms with E-state index in [1.807, 2.05) is 12.1 Å². The van der Waals surface area contributed by atoms with Gasteiger partial charge < -0.3 is 14.4 Å². The van der Waals surface area contributed by atoms with Crippen LogP contribution < -0.4 is 14.4 Å². The molecule has 30 heavy (non-hydrogen) atoms. The van der Waals surface area contributed by atoms with Crippen LogP contribution in [0.5, 0.6) is 11.5 Å². The Balaban J connectivity index is 1.27. The SMILES string of the molecule is N#Cc1ccc(S(=O)(=O)N2CCC3(CC2)CN(c2ccc4c(c2)OCO4)C3=O)cc1. The van der Waals surface area contributed by atoms with Gasteiger partial charge in [0.25, 0.3) is 0 Å². The normalized spacial score (nSPS) is 20.1. The maximum Gasteiger partial charge on any atom is 0.243 e. The Labute approximate surface area is 174 Å². The van der Waals surface area contributed by atoms with Crippen LogP contribution >= 0.6 is 0 Å². The Morgan fingerprint density at radius 1 is 1.00 bits per heavy atom. The van der Waals surface area contributed by atoms with Gasteiger partial charge in [-0.2, -0.15) is 9.57 Å². The number of piperidine rings is 1. The number of ether oxygens (including phenoxy) is 2. The van der Waals surface area contributed by atoms with Crippen molar-refractivity contribution >= 4 is 21.6 Å². The molecule has 2 aromatic carbocycles. The zero-order chi connectivity index (χ0) is 20.9. The molecule has 2 fully saturated rings. The van der Waals surface area contributed by atoms with Crippen LogP contribution in [-0.4, -0.2) is 45.1 Å². The number of benzene rings is 2. The van der Waals surface area contributed by atoms with Crippen LogP contribution in [0.2, 0.25) is 0 Å². The molecule has 2 aromatic rings. The molecule has 0 bridgehead atoms. The van der Waals surface area contributed by atoms with Crippen LogP contribution in [0, 0.1) is 16.7 Å². The molecular weight excluding hydrogens is 406 g/mol. The van der Waals surface area contributed by atoms with E-state index in [-0.39, 0.29) is 17.6 Å². The van der Waals surface area contributed by atoms with E-state index >= 15 is 0 Å². The summed E-state index contributed by atoms with van der Waals surface area (Å²) in [6.45, 7) is 1.34. The molecule has 0 aromatic heterocycles. The summed E-state index contributed by atoms with van der Waals surface area (Å²) in [5.41, 5.74) is 0.672. The maximum atomic E-state index is 13.0. The first-order valence-electron chi connectivity index (χ1n) is 9.65. The number of β-lactam (4-membered cyclic amide) rings is 1. The summed E-state index contributed by atoms with van der Waals surface area (Å²) in [5.74, 6) is 1.32. The minimum absolute atomic E-state index is 0.0248. The number of nitrogens with zero attached hydrogens (tertiary/aromatic N) is 3. The van der Waals surface area contributed by atoms with Crippen molar-refractivity contribution in [3.63, 3.8) is 0 Å². The molecule has 3 aliphatic rings. The Hall–Kier alpha value is -3.09. The van der Waals surface area contributed by atoms with E-state index in [0.717, 1.165) is 5.69 Å². The molecule has 5 rings (SSSR count). The Bertz CT molecular complexity index is 1160. The summed E-state index contributed by atoms with van der Waals surface area (Å²) < 4.78 is 37.9. The van der Waals surface area contributed by atoms with Gasteiger partial charge in [0, 0.05) is 31.4 Å². The van der Waals surface area contributed by atoms with E-state index in [0.29, 0.717) is 49.5 Å². The van der Waals surface area contributed by atoms with Crippen molar-refractivity contribution in [3.05, 3.63) is 48.0 Å². The summed E-state index contributed by atoms with van der Waals surface area (Å²) in [5, 5.41) is 8.89. The number of hydrogen-bond acceptors (Lipinski definition) is 6. The van der Waals surface area contributed by atoms with Gasteiger partial charge in [0.1, 0.15) is 0 Å².